The molecule has 1 aromatic heterocycles. The molecule has 0 aliphatic carbocycles. The van der Waals surface area contributed by atoms with Gasteiger partial charge in [0, 0.05) is 6.04 Å². The highest BCUT2D eigenvalue weighted by molar-refractivity contribution is 7.08. The van der Waals surface area contributed by atoms with Gasteiger partial charge in [-0.05, 0) is 95.1 Å². The summed E-state index contributed by atoms with van der Waals surface area (Å²) in [5.41, 5.74) is -2.24. The third kappa shape index (κ3) is 6.08. The Morgan fingerprint density at radius 2 is 1.45 bits per heavy atom. The number of methoxy groups -OCH3 is 1. The largest absolute Gasteiger partial charge is 0.453 e. The monoisotopic (exact) mass is 595 g/mol. The van der Waals surface area contributed by atoms with Gasteiger partial charge in [0.1, 0.15) is 0 Å². The number of carbonyl (C=O) groups excluding carboxylic acids is 1. The molecular formula is C27H22F9NO2S. The first-order chi connectivity index (χ1) is 18.5. The standard InChI is InChI=1S/C27H22F9NO2S/c1-14-12-40-13-22(14)20-5-3-16(25(28,29)30)11-21(20)23-6-4-19(37(23)24(38)39-2)9-15-7-17(26(31,32)33)10-18(8-15)27(34,35)36/h3,5,7-8,10-13,19,23H,4,6,9H2,1-2H3/t19-,23-/m0/s1. The molecule has 2 aromatic carbocycles. The van der Waals surface area contributed by atoms with Crippen LogP contribution in [0, 0.1) is 6.92 Å². The summed E-state index contributed by atoms with van der Waals surface area (Å²) in [6.45, 7) is 1.77. The van der Waals surface area contributed by atoms with Gasteiger partial charge in [-0.2, -0.15) is 50.9 Å². The van der Waals surface area contributed by atoms with Gasteiger partial charge in [0.25, 0.3) is 0 Å². The number of nitrogens with zero attached hydrogens (tertiary/aromatic N) is 1. The molecule has 0 N–H and O–H groups in total. The van der Waals surface area contributed by atoms with Crippen LogP contribution in [0.15, 0.2) is 47.2 Å². The van der Waals surface area contributed by atoms with E-state index < -0.39 is 59.8 Å². The van der Waals surface area contributed by atoms with Crippen LogP contribution in [-0.2, 0) is 29.7 Å². The SMILES string of the molecule is COC(=O)N1[C@H](Cc2cc(C(F)(F)F)cc(C(F)(F)F)c2)CC[C@H]1c1cc(C(F)(F)F)ccc1-c1cscc1C. The van der Waals surface area contributed by atoms with Crippen molar-refractivity contribution < 1.29 is 49.0 Å². The van der Waals surface area contributed by atoms with Crippen molar-refractivity contribution in [2.75, 3.05) is 7.11 Å². The van der Waals surface area contributed by atoms with E-state index in [-0.39, 0.29) is 30.0 Å². The molecule has 2 heterocycles. The molecule has 1 aliphatic heterocycles. The lowest BCUT2D eigenvalue weighted by Crippen LogP contribution is -2.38. The zero-order valence-electron chi connectivity index (χ0n) is 21.0. The lowest BCUT2D eigenvalue weighted by atomic mass is 9.91. The molecule has 0 spiro atoms. The Labute approximate surface area is 227 Å². The molecule has 0 unspecified atom stereocenters. The summed E-state index contributed by atoms with van der Waals surface area (Å²) in [5, 5.41) is 3.55. The number of hydrogen-bond acceptors (Lipinski definition) is 3. The molecule has 1 aliphatic rings. The zero-order valence-corrected chi connectivity index (χ0v) is 21.8. The van der Waals surface area contributed by atoms with Crippen LogP contribution in [0.5, 0.6) is 0 Å². The maximum absolute atomic E-state index is 13.7. The van der Waals surface area contributed by atoms with E-state index in [9.17, 15) is 44.3 Å². The van der Waals surface area contributed by atoms with Crippen LogP contribution in [0.4, 0.5) is 44.3 Å². The minimum atomic E-state index is -5.05. The number of alkyl halides is 9. The number of ether oxygens (including phenoxy) is 1. The Morgan fingerprint density at radius 3 is 1.95 bits per heavy atom. The second-order valence-corrected chi connectivity index (χ2v) is 10.3. The van der Waals surface area contributed by atoms with Crippen LogP contribution >= 0.6 is 11.3 Å². The van der Waals surface area contributed by atoms with Gasteiger partial charge in [0.15, 0.2) is 0 Å². The van der Waals surface area contributed by atoms with Gasteiger partial charge in [-0.3, -0.25) is 4.90 Å². The van der Waals surface area contributed by atoms with Gasteiger partial charge in [0.2, 0.25) is 0 Å². The fraction of sp³-hybridized carbons (Fsp3) is 0.370. The van der Waals surface area contributed by atoms with Crippen LogP contribution in [0.25, 0.3) is 11.1 Å². The minimum Gasteiger partial charge on any atom is -0.453 e. The molecule has 216 valence electrons. The Kier molecular flexibility index (Phi) is 7.91. The third-order valence-corrected chi connectivity index (χ3v) is 7.75. The van der Waals surface area contributed by atoms with Crippen molar-refractivity contribution in [2.45, 2.75) is 56.8 Å². The quantitative estimate of drug-likeness (QED) is 0.282. The summed E-state index contributed by atoms with van der Waals surface area (Å²) in [4.78, 5) is 14.0. The number of benzene rings is 2. The predicted octanol–water partition coefficient (Wildman–Crippen LogP) is 9.29. The summed E-state index contributed by atoms with van der Waals surface area (Å²) in [6.07, 6.45) is -15.9. The van der Waals surface area contributed by atoms with E-state index in [0.29, 0.717) is 23.3 Å². The van der Waals surface area contributed by atoms with E-state index in [4.69, 9.17) is 4.74 Å². The topological polar surface area (TPSA) is 29.5 Å². The van der Waals surface area contributed by atoms with Gasteiger partial charge in [0.05, 0.1) is 29.8 Å². The number of rotatable bonds is 4. The highest BCUT2D eigenvalue weighted by Gasteiger charge is 2.42. The molecule has 1 amide bonds. The number of aryl methyl sites for hydroxylation is 1. The molecule has 1 saturated heterocycles. The van der Waals surface area contributed by atoms with Crippen LogP contribution in [-0.4, -0.2) is 24.1 Å². The predicted molar refractivity (Wildman–Crippen MR) is 130 cm³/mol. The first kappa shape index (κ1) is 29.8. The number of carbonyl (C=O) groups is 1. The molecule has 0 saturated carbocycles. The first-order valence-corrected chi connectivity index (χ1v) is 12.8. The smallest absolute Gasteiger partial charge is 0.416 e. The summed E-state index contributed by atoms with van der Waals surface area (Å²) >= 11 is 1.33. The second kappa shape index (κ2) is 10.6. The lowest BCUT2D eigenvalue weighted by molar-refractivity contribution is -0.143. The average molecular weight is 596 g/mol. The Hall–Kier alpha value is -3.22. The molecular weight excluding hydrogens is 573 g/mol. The van der Waals surface area contributed by atoms with Gasteiger partial charge in [-0.1, -0.05) is 6.07 Å². The van der Waals surface area contributed by atoms with E-state index in [0.717, 1.165) is 29.7 Å². The Balaban J connectivity index is 1.80. The van der Waals surface area contributed by atoms with Crippen molar-refractivity contribution >= 4 is 17.4 Å². The van der Waals surface area contributed by atoms with Crippen molar-refractivity contribution in [3.63, 3.8) is 0 Å². The van der Waals surface area contributed by atoms with E-state index in [1.54, 1.807) is 17.7 Å². The van der Waals surface area contributed by atoms with Crippen LogP contribution < -0.4 is 0 Å². The fourth-order valence-electron chi connectivity index (χ4n) is 5.08. The highest BCUT2D eigenvalue weighted by Crippen LogP contribution is 2.45. The molecule has 0 bridgehead atoms. The number of thiophene rings is 1. The van der Waals surface area contributed by atoms with Crippen LogP contribution in [0.2, 0.25) is 0 Å². The summed E-state index contributed by atoms with van der Waals surface area (Å²) in [5.74, 6) is 0. The van der Waals surface area contributed by atoms with Crippen LogP contribution in [0.1, 0.15) is 52.3 Å². The molecule has 0 radical (unpaired) electrons. The molecule has 3 aromatic rings. The first-order valence-electron chi connectivity index (χ1n) is 11.9. The van der Waals surface area contributed by atoms with Crippen molar-refractivity contribution in [1.82, 2.24) is 4.90 Å². The maximum atomic E-state index is 13.7. The van der Waals surface area contributed by atoms with Crippen molar-refractivity contribution in [1.29, 1.82) is 0 Å². The van der Waals surface area contributed by atoms with E-state index in [1.807, 2.05) is 0 Å². The summed E-state index contributed by atoms with van der Waals surface area (Å²) < 4.78 is 126. The van der Waals surface area contributed by atoms with Crippen molar-refractivity contribution in [3.05, 3.63) is 80.5 Å². The molecule has 4 rings (SSSR count). The highest BCUT2D eigenvalue weighted by atomic mass is 32.1. The fourth-order valence-corrected chi connectivity index (χ4v) is 5.92. The zero-order chi connectivity index (χ0) is 29.6. The number of hydrogen-bond donors (Lipinski definition) is 0. The van der Waals surface area contributed by atoms with Gasteiger partial charge < -0.3 is 4.74 Å². The Bertz CT molecular complexity index is 1360. The normalized spacial score (nSPS) is 18.3. The molecule has 3 nitrogen and oxygen atoms in total. The summed E-state index contributed by atoms with van der Waals surface area (Å²) in [7, 11) is 1.04. The average Bonchev–Trinajstić information content (AvgIpc) is 3.47. The number of likely N-dealkylation sites (tertiary alicyclic amines) is 1. The number of halogens is 9. The third-order valence-electron chi connectivity index (χ3n) is 6.89. The van der Waals surface area contributed by atoms with Gasteiger partial charge >= 0.3 is 24.6 Å². The van der Waals surface area contributed by atoms with E-state index in [2.05, 4.69) is 0 Å². The van der Waals surface area contributed by atoms with Gasteiger partial charge in [-0.15, -0.1) is 0 Å². The number of amides is 1. The molecule has 2 atom stereocenters. The van der Waals surface area contributed by atoms with Crippen molar-refractivity contribution in [2.24, 2.45) is 0 Å². The van der Waals surface area contributed by atoms with E-state index in [1.165, 1.54) is 17.4 Å². The summed E-state index contributed by atoms with van der Waals surface area (Å²) in [6, 6.07) is 2.43. The minimum absolute atomic E-state index is 0.0110. The van der Waals surface area contributed by atoms with Crippen molar-refractivity contribution in [3.8, 4) is 11.1 Å². The van der Waals surface area contributed by atoms with Crippen LogP contribution in [0.3, 0.4) is 0 Å². The Morgan fingerprint density at radius 1 is 0.850 bits per heavy atom. The second-order valence-electron chi connectivity index (χ2n) is 9.51. The van der Waals surface area contributed by atoms with Gasteiger partial charge in [-0.25, -0.2) is 4.79 Å². The molecule has 13 heteroatoms. The lowest BCUT2D eigenvalue weighted by Gasteiger charge is -2.31. The van der Waals surface area contributed by atoms with E-state index >= 15 is 0 Å². The maximum Gasteiger partial charge on any atom is 0.416 e. The molecule has 1 fully saturated rings. The molecule has 40 heavy (non-hydrogen) atoms.